The summed E-state index contributed by atoms with van der Waals surface area (Å²) in [4.78, 5) is 23.6. The van der Waals surface area contributed by atoms with Gasteiger partial charge in [0, 0.05) is 26.1 Å². The summed E-state index contributed by atoms with van der Waals surface area (Å²) in [6, 6.07) is 0. The molecule has 0 spiro atoms. The number of amides is 2. The lowest BCUT2D eigenvalue weighted by Crippen LogP contribution is -2.46. The number of alkyl halides is 3. The highest BCUT2D eigenvalue weighted by Crippen LogP contribution is 2.23. The highest BCUT2D eigenvalue weighted by molar-refractivity contribution is 5.81. The molecule has 0 saturated carbocycles. The molecule has 0 aromatic carbocycles. The summed E-state index contributed by atoms with van der Waals surface area (Å²) in [6.45, 7) is 1.33. The Morgan fingerprint density at radius 1 is 1.09 bits per heavy atom. The number of nitrogens with two attached hydrogens (primary N) is 1. The SMILES string of the molecule is NCCCCCCC(=O)NCC1CCN(C(=O)C(F)(F)F)CC1. The van der Waals surface area contributed by atoms with E-state index in [0.29, 0.717) is 32.4 Å². The Kier molecular flexibility index (Phi) is 8.36. The van der Waals surface area contributed by atoms with Gasteiger partial charge in [-0.3, -0.25) is 9.59 Å². The van der Waals surface area contributed by atoms with Crippen molar-refractivity contribution in [2.75, 3.05) is 26.2 Å². The first-order valence-electron chi connectivity index (χ1n) is 8.17. The minimum absolute atomic E-state index is 0.0217. The Balaban J connectivity index is 2.14. The number of halogens is 3. The van der Waals surface area contributed by atoms with Crippen LogP contribution in [-0.4, -0.2) is 49.1 Å². The van der Waals surface area contributed by atoms with Crippen molar-refractivity contribution in [3.8, 4) is 0 Å². The Labute approximate surface area is 134 Å². The first-order valence-corrected chi connectivity index (χ1v) is 8.17. The molecule has 0 atom stereocenters. The first kappa shape index (κ1) is 19.7. The smallest absolute Gasteiger partial charge is 0.356 e. The molecule has 3 N–H and O–H groups in total. The van der Waals surface area contributed by atoms with E-state index in [4.69, 9.17) is 5.73 Å². The normalized spacial score (nSPS) is 16.4. The minimum Gasteiger partial charge on any atom is -0.356 e. The Morgan fingerprint density at radius 2 is 1.70 bits per heavy atom. The van der Waals surface area contributed by atoms with E-state index in [1.54, 1.807) is 0 Å². The average molecular weight is 337 g/mol. The third-order valence-corrected chi connectivity index (χ3v) is 4.09. The lowest BCUT2D eigenvalue weighted by atomic mass is 9.96. The fourth-order valence-electron chi connectivity index (χ4n) is 2.65. The lowest BCUT2D eigenvalue weighted by Gasteiger charge is -2.32. The van der Waals surface area contributed by atoms with Crippen LogP contribution in [0.3, 0.4) is 0 Å². The van der Waals surface area contributed by atoms with E-state index in [0.717, 1.165) is 30.6 Å². The predicted octanol–water partition coefficient (Wildman–Crippen LogP) is 1.81. The van der Waals surface area contributed by atoms with Gasteiger partial charge in [-0.1, -0.05) is 12.8 Å². The standard InChI is InChI=1S/C15H26F3N3O2/c16-15(17,18)14(23)21-9-6-12(7-10-21)11-20-13(22)5-3-1-2-4-8-19/h12H,1-11,19H2,(H,20,22). The molecule has 0 radical (unpaired) electrons. The van der Waals surface area contributed by atoms with E-state index < -0.39 is 12.1 Å². The summed E-state index contributed by atoms with van der Waals surface area (Å²) in [5, 5.41) is 2.83. The maximum absolute atomic E-state index is 12.3. The van der Waals surface area contributed by atoms with Gasteiger partial charge in [0.2, 0.25) is 5.91 Å². The lowest BCUT2D eigenvalue weighted by molar-refractivity contribution is -0.186. The molecule has 1 heterocycles. The molecule has 2 amide bonds. The molecule has 8 heteroatoms. The van der Waals surface area contributed by atoms with E-state index in [-0.39, 0.29) is 24.9 Å². The van der Waals surface area contributed by atoms with E-state index in [9.17, 15) is 22.8 Å². The van der Waals surface area contributed by atoms with Crippen LogP contribution in [0.1, 0.15) is 44.9 Å². The minimum atomic E-state index is -4.80. The number of unbranched alkanes of at least 4 members (excludes halogenated alkanes) is 3. The first-order chi connectivity index (χ1) is 10.8. The molecular weight excluding hydrogens is 311 g/mol. The molecule has 134 valence electrons. The molecule has 0 unspecified atom stereocenters. The van der Waals surface area contributed by atoms with Gasteiger partial charge in [0.05, 0.1) is 0 Å². The molecule has 1 aliphatic rings. The Morgan fingerprint density at radius 3 is 2.26 bits per heavy atom. The van der Waals surface area contributed by atoms with Crippen LogP contribution in [0, 0.1) is 5.92 Å². The Bertz CT molecular complexity index is 381. The maximum atomic E-state index is 12.3. The van der Waals surface area contributed by atoms with Crippen LogP contribution < -0.4 is 11.1 Å². The highest BCUT2D eigenvalue weighted by Gasteiger charge is 2.43. The van der Waals surface area contributed by atoms with Gasteiger partial charge in [0.25, 0.3) is 0 Å². The van der Waals surface area contributed by atoms with Gasteiger partial charge in [0.15, 0.2) is 0 Å². The molecular formula is C15H26F3N3O2. The second-order valence-corrected chi connectivity index (χ2v) is 5.99. The number of rotatable bonds is 8. The third-order valence-electron chi connectivity index (χ3n) is 4.09. The summed E-state index contributed by atoms with van der Waals surface area (Å²) < 4.78 is 37.0. The van der Waals surface area contributed by atoms with E-state index in [1.165, 1.54) is 0 Å². The Hall–Kier alpha value is -1.31. The molecule has 5 nitrogen and oxygen atoms in total. The number of hydrogen-bond acceptors (Lipinski definition) is 3. The summed E-state index contributed by atoms with van der Waals surface area (Å²) in [7, 11) is 0. The van der Waals surface area contributed by atoms with Crippen LogP contribution in [0.5, 0.6) is 0 Å². The van der Waals surface area contributed by atoms with Crippen molar-refractivity contribution in [3.63, 3.8) is 0 Å². The van der Waals surface area contributed by atoms with Gasteiger partial charge >= 0.3 is 12.1 Å². The van der Waals surface area contributed by atoms with E-state index in [1.807, 2.05) is 0 Å². The number of likely N-dealkylation sites (tertiary alicyclic amines) is 1. The van der Waals surface area contributed by atoms with Gasteiger partial charge in [0.1, 0.15) is 0 Å². The molecule has 23 heavy (non-hydrogen) atoms. The largest absolute Gasteiger partial charge is 0.471 e. The topological polar surface area (TPSA) is 75.4 Å². The number of carbonyl (C=O) groups excluding carboxylic acids is 2. The molecule has 1 rings (SSSR count). The summed E-state index contributed by atoms with van der Waals surface area (Å²) in [5.41, 5.74) is 5.39. The van der Waals surface area contributed by atoms with E-state index in [2.05, 4.69) is 5.32 Å². The fourth-order valence-corrected chi connectivity index (χ4v) is 2.65. The zero-order valence-electron chi connectivity index (χ0n) is 13.3. The molecule has 1 saturated heterocycles. The number of piperidine rings is 1. The zero-order valence-corrected chi connectivity index (χ0v) is 13.3. The number of carbonyl (C=O) groups is 2. The highest BCUT2D eigenvalue weighted by atomic mass is 19.4. The fraction of sp³-hybridized carbons (Fsp3) is 0.867. The number of nitrogens with one attached hydrogen (secondary N) is 1. The molecule has 0 bridgehead atoms. The monoisotopic (exact) mass is 337 g/mol. The maximum Gasteiger partial charge on any atom is 0.471 e. The molecule has 0 aromatic heterocycles. The van der Waals surface area contributed by atoms with Crippen molar-refractivity contribution < 1.29 is 22.8 Å². The summed E-state index contributed by atoms with van der Waals surface area (Å²) in [6.07, 6.45) is 0.428. The van der Waals surface area contributed by atoms with Gasteiger partial charge in [-0.15, -0.1) is 0 Å². The van der Waals surface area contributed by atoms with E-state index >= 15 is 0 Å². The summed E-state index contributed by atoms with van der Waals surface area (Å²) >= 11 is 0. The molecule has 1 fully saturated rings. The number of hydrogen-bond donors (Lipinski definition) is 2. The van der Waals surface area contributed by atoms with Crippen molar-refractivity contribution in [1.29, 1.82) is 0 Å². The molecule has 0 aliphatic carbocycles. The van der Waals surface area contributed by atoms with Gasteiger partial charge in [-0.2, -0.15) is 13.2 Å². The van der Waals surface area contributed by atoms with Crippen LogP contribution >= 0.6 is 0 Å². The van der Waals surface area contributed by atoms with Crippen LogP contribution in [0.2, 0.25) is 0 Å². The predicted molar refractivity (Wildman–Crippen MR) is 80.5 cm³/mol. The van der Waals surface area contributed by atoms with Crippen molar-refractivity contribution in [3.05, 3.63) is 0 Å². The zero-order chi connectivity index (χ0) is 17.3. The van der Waals surface area contributed by atoms with Crippen molar-refractivity contribution >= 4 is 11.8 Å². The summed E-state index contributed by atoms with van der Waals surface area (Å²) in [5.74, 6) is -1.66. The molecule has 0 aromatic rings. The van der Waals surface area contributed by atoms with Gasteiger partial charge in [-0.25, -0.2) is 0 Å². The average Bonchev–Trinajstić information content (AvgIpc) is 2.51. The number of nitrogens with zero attached hydrogens (tertiary/aromatic N) is 1. The second kappa shape index (κ2) is 9.75. The van der Waals surface area contributed by atoms with Crippen LogP contribution in [0.4, 0.5) is 13.2 Å². The van der Waals surface area contributed by atoms with Gasteiger partial charge < -0.3 is 16.0 Å². The molecule has 1 aliphatic heterocycles. The second-order valence-electron chi connectivity index (χ2n) is 5.99. The van der Waals surface area contributed by atoms with Crippen molar-refractivity contribution in [2.45, 2.75) is 51.1 Å². The third kappa shape index (κ3) is 7.67. The van der Waals surface area contributed by atoms with Gasteiger partial charge in [-0.05, 0) is 38.1 Å². The van der Waals surface area contributed by atoms with Crippen molar-refractivity contribution in [2.24, 2.45) is 11.7 Å². The van der Waals surface area contributed by atoms with Crippen LogP contribution in [-0.2, 0) is 9.59 Å². The van der Waals surface area contributed by atoms with Crippen LogP contribution in [0.15, 0.2) is 0 Å². The van der Waals surface area contributed by atoms with Crippen molar-refractivity contribution in [1.82, 2.24) is 10.2 Å². The quantitative estimate of drug-likeness (QED) is 0.663. The van der Waals surface area contributed by atoms with Crippen LogP contribution in [0.25, 0.3) is 0 Å².